The number of fused-ring (bicyclic) bond motifs is 1. The Labute approximate surface area is 127 Å². The molecule has 0 aliphatic carbocycles. The van der Waals surface area contributed by atoms with Crippen LogP contribution >= 0.6 is 11.6 Å². The minimum atomic E-state index is -0.494. The normalized spacial score (nSPS) is 13.8. The van der Waals surface area contributed by atoms with E-state index < -0.39 is 11.7 Å². The van der Waals surface area contributed by atoms with Gasteiger partial charge in [-0.3, -0.25) is 9.59 Å². The van der Waals surface area contributed by atoms with E-state index in [1.54, 1.807) is 24.4 Å². The largest absolute Gasteiger partial charge is 0.300 e. The van der Waals surface area contributed by atoms with Gasteiger partial charge in [-0.25, -0.2) is 4.98 Å². The van der Waals surface area contributed by atoms with Crippen LogP contribution in [0.1, 0.15) is 27.0 Å². The fourth-order valence-corrected chi connectivity index (χ4v) is 2.90. The average molecular weight is 301 g/mol. The molecule has 0 unspecified atom stereocenters. The molecule has 0 N–H and O–H groups in total. The zero-order chi connectivity index (χ0) is 15.1. The van der Waals surface area contributed by atoms with Gasteiger partial charge in [-0.15, -0.1) is 0 Å². The van der Waals surface area contributed by atoms with Crippen LogP contribution in [0.3, 0.4) is 0 Å². The summed E-state index contributed by atoms with van der Waals surface area (Å²) < 4.78 is 0. The Morgan fingerprint density at radius 2 is 1.95 bits per heavy atom. The molecule has 1 aliphatic rings. The number of Topliss-reactive ketones (excluding diaryl/α,β-unsaturated/α-hetero) is 1. The fourth-order valence-electron chi connectivity index (χ4n) is 2.71. The summed E-state index contributed by atoms with van der Waals surface area (Å²) in [6.07, 6.45) is 1.59. The van der Waals surface area contributed by atoms with Gasteiger partial charge in [-0.05, 0) is 48.7 Å². The smallest absolute Gasteiger partial charge is 0.299 e. The van der Waals surface area contributed by atoms with Crippen LogP contribution in [0.15, 0.2) is 30.5 Å². The van der Waals surface area contributed by atoms with Gasteiger partial charge in [0.25, 0.3) is 11.7 Å². The second-order valence-corrected chi connectivity index (χ2v) is 5.57. The second-order valence-electron chi connectivity index (χ2n) is 5.19. The predicted octanol–water partition coefficient (Wildman–Crippen LogP) is 3.08. The van der Waals surface area contributed by atoms with Crippen molar-refractivity contribution >= 4 is 29.0 Å². The first-order valence-corrected chi connectivity index (χ1v) is 6.93. The van der Waals surface area contributed by atoms with E-state index in [9.17, 15) is 9.59 Å². The van der Waals surface area contributed by atoms with Gasteiger partial charge in [-0.2, -0.15) is 0 Å². The number of rotatable bonds is 2. The standard InChI is InChI=1S/C16H13ClN2O2/c1-9-5-10(2)14-12(6-9)15(20)16(21)19(14)8-11-3-4-18-13(17)7-11/h3-7H,8H2,1-2H3. The minimum absolute atomic E-state index is 0.309. The van der Waals surface area contributed by atoms with Crippen LogP contribution in [-0.2, 0) is 11.3 Å². The molecule has 0 spiro atoms. The highest BCUT2D eigenvalue weighted by molar-refractivity contribution is 6.52. The number of carbonyl (C=O) groups is 2. The van der Waals surface area contributed by atoms with Crippen LogP contribution in [0.4, 0.5) is 5.69 Å². The molecule has 106 valence electrons. The number of aromatic nitrogens is 1. The first kappa shape index (κ1) is 13.8. The van der Waals surface area contributed by atoms with Gasteiger partial charge in [0, 0.05) is 6.20 Å². The molecule has 0 fully saturated rings. The maximum absolute atomic E-state index is 12.2. The third kappa shape index (κ3) is 2.32. The Morgan fingerprint density at radius 1 is 1.19 bits per heavy atom. The molecule has 21 heavy (non-hydrogen) atoms. The lowest BCUT2D eigenvalue weighted by atomic mass is 10.0. The summed E-state index contributed by atoms with van der Waals surface area (Å²) in [6.45, 7) is 4.13. The molecule has 0 radical (unpaired) electrons. The van der Waals surface area contributed by atoms with E-state index in [2.05, 4.69) is 4.98 Å². The van der Waals surface area contributed by atoms with E-state index in [1.807, 2.05) is 19.9 Å². The molecule has 0 atom stereocenters. The highest BCUT2D eigenvalue weighted by Gasteiger charge is 2.37. The lowest BCUT2D eigenvalue weighted by molar-refractivity contribution is -0.114. The Balaban J connectivity index is 2.05. The number of aryl methyl sites for hydroxylation is 2. The SMILES string of the molecule is Cc1cc(C)c2c(c1)C(=O)C(=O)N2Cc1ccnc(Cl)c1. The number of ketones is 1. The van der Waals surface area contributed by atoms with Crippen LogP contribution in [0, 0.1) is 13.8 Å². The molecule has 2 aromatic rings. The maximum atomic E-state index is 12.2. The Morgan fingerprint density at radius 3 is 2.67 bits per heavy atom. The van der Waals surface area contributed by atoms with E-state index >= 15 is 0 Å². The lowest BCUT2D eigenvalue weighted by Gasteiger charge is -2.19. The van der Waals surface area contributed by atoms with E-state index in [0.29, 0.717) is 22.9 Å². The number of benzene rings is 1. The molecule has 0 bridgehead atoms. The number of halogens is 1. The third-order valence-corrected chi connectivity index (χ3v) is 3.74. The van der Waals surface area contributed by atoms with Crippen molar-refractivity contribution in [2.24, 2.45) is 0 Å². The van der Waals surface area contributed by atoms with Gasteiger partial charge in [0.15, 0.2) is 0 Å². The summed E-state index contributed by atoms with van der Waals surface area (Å²) in [4.78, 5) is 29.8. The van der Waals surface area contributed by atoms with E-state index in [1.165, 1.54) is 4.90 Å². The number of hydrogen-bond acceptors (Lipinski definition) is 3. The lowest BCUT2D eigenvalue weighted by Crippen LogP contribution is -2.29. The number of anilines is 1. The second kappa shape index (κ2) is 4.97. The molecule has 3 rings (SSSR count). The summed E-state index contributed by atoms with van der Waals surface area (Å²) >= 11 is 5.87. The number of hydrogen-bond donors (Lipinski definition) is 0. The Kier molecular flexibility index (Phi) is 3.26. The molecule has 1 amide bonds. The summed E-state index contributed by atoms with van der Waals surface area (Å²) in [5, 5.41) is 0.367. The van der Waals surface area contributed by atoms with Crippen LogP contribution in [-0.4, -0.2) is 16.7 Å². The van der Waals surface area contributed by atoms with Gasteiger partial charge in [-0.1, -0.05) is 17.7 Å². The van der Waals surface area contributed by atoms with Crippen molar-refractivity contribution in [2.45, 2.75) is 20.4 Å². The van der Waals surface area contributed by atoms with Crippen molar-refractivity contribution in [1.82, 2.24) is 4.98 Å². The molecule has 4 nitrogen and oxygen atoms in total. The van der Waals surface area contributed by atoms with Crippen molar-refractivity contribution in [3.63, 3.8) is 0 Å². The Hall–Kier alpha value is -2.20. The van der Waals surface area contributed by atoms with E-state index in [0.717, 1.165) is 16.7 Å². The summed E-state index contributed by atoms with van der Waals surface area (Å²) in [5.41, 5.74) is 3.91. The molecule has 0 saturated heterocycles. The first-order valence-electron chi connectivity index (χ1n) is 6.55. The molecule has 1 aromatic carbocycles. The van der Waals surface area contributed by atoms with Gasteiger partial charge < -0.3 is 4.90 Å². The maximum Gasteiger partial charge on any atom is 0.299 e. The molecule has 2 heterocycles. The van der Waals surface area contributed by atoms with Crippen LogP contribution < -0.4 is 4.90 Å². The number of pyridine rings is 1. The van der Waals surface area contributed by atoms with E-state index in [4.69, 9.17) is 11.6 Å². The number of amides is 1. The molecule has 1 aromatic heterocycles. The van der Waals surface area contributed by atoms with Crippen LogP contribution in [0.25, 0.3) is 0 Å². The van der Waals surface area contributed by atoms with Gasteiger partial charge in [0.05, 0.1) is 17.8 Å². The average Bonchev–Trinajstić information content (AvgIpc) is 2.64. The van der Waals surface area contributed by atoms with Gasteiger partial charge in [0.2, 0.25) is 0 Å². The fraction of sp³-hybridized carbons (Fsp3) is 0.188. The topological polar surface area (TPSA) is 50.3 Å². The van der Waals surface area contributed by atoms with Crippen molar-refractivity contribution in [3.05, 3.63) is 57.9 Å². The summed E-state index contributed by atoms with van der Waals surface area (Å²) in [7, 11) is 0. The number of nitrogens with zero attached hydrogens (tertiary/aromatic N) is 2. The van der Waals surface area contributed by atoms with Crippen LogP contribution in [0.2, 0.25) is 5.15 Å². The van der Waals surface area contributed by atoms with Gasteiger partial charge >= 0.3 is 0 Å². The molecule has 1 aliphatic heterocycles. The summed E-state index contributed by atoms with van der Waals surface area (Å²) in [6, 6.07) is 7.21. The van der Waals surface area contributed by atoms with Crippen LogP contribution in [0.5, 0.6) is 0 Å². The summed E-state index contributed by atoms with van der Waals surface area (Å²) in [5.74, 6) is -0.941. The molecular weight excluding hydrogens is 288 g/mol. The quantitative estimate of drug-likeness (QED) is 0.632. The third-order valence-electron chi connectivity index (χ3n) is 3.53. The van der Waals surface area contributed by atoms with E-state index in [-0.39, 0.29) is 0 Å². The zero-order valence-electron chi connectivity index (χ0n) is 11.7. The highest BCUT2D eigenvalue weighted by Crippen LogP contribution is 2.34. The molecule has 5 heteroatoms. The number of carbonyl (C=O) groups excluding carboxylic acids is 2. The minimum Gasteiger partial charge on any atom is -0.300 e. The van der Waals surface area contributed by atoms with Crippen molar-refractivity contribution < 1.29 is 9.59 Å². The van der Waals surface area contributed by atoms with Crippen molar-refractivity contribution in [1.29, 1.82) is 0 Å². The zero-order valence-corrected chi connectivity index (χ0v) is 12.4. The predicted molar refractivity (Wildman–Crippen MR) is 80.7 cm³/mol. The van der Waals surface area contributed by atoms with Crippen molar-refractivity contribution in [2.75, 3.05) is 4.90 Å². The first-order chi connectivity index (χ1) is 9.97. The monoisotopic (exact) mass is 300 g/mol. The Bertz CT molecular complexity index is 771. The molecule has 0 saturated carbocycles. The van der Waals surface area contributed by atoms with Crippen molar-refractivity contribution in [3.8, 4) is 0 Å². The molecular formula is C16H13ClN2O2. The van der Waals surface area contributed by atoms with Gasteiger partial charge in [0.1, 0.15) is 5.15 Å². The highest BCUT2D eigenvalue weighted by atomic mass is 35.5.